The van der Waals surface area contributed by atoms with Crippen LogP contribution in [0.3, 0.4) is 0 Å². The molecule has 0 aromatic rings. The number of halogens is 8. The van der Waals surface area contributed by atoms with Crippen LogP contribution in [0.2, 0.25) is 0 Å². The molecule has 0 radical (unpaired) electrons. The molecule has 0 aromatic heterocycles. The van der Waals surface area contributed by atoms with E-state index in [0.717, 1.165) is 0 Å². The highest BCUT2D eigenvalue weighted by Gasteiger charge is 2.79. The first-order chi connectivity index (χ1) is 8.17. The highest BCUT2D eigenvalue weighted by atomic mass is 35.5. The maximum Gasteiger partial charge on any atom is 0.150 e. The number of alkyl halides is 6. The fourth-order valence-electron chi connectivity index (χ4n) is 3.49. The fourth-order valence-corrected chi connectivity index (χ4v) is 7.49. The number of hydrogen-bond donors (Lipinski definition) is 0. The van der Waals surface area contributed by atoms with Gasteiger partial charge in [-0.2, -0.15) is 0 Å². The Morgan fingerprint density at radius 3 is 1.94 bits per heavy atom. The van der Waals surface area contributed by atoms with E-state index in [2.05, 4.69) is 0 Å². The predicted molar refractivity (Wildman–Crippen MR) is 81.1 cm³/mol. The molecule has 2 saturated carbocycles. The van der Waals surface area contributed by atoms with Crippen LogP contribution in [-0.2, 0) is 0 Å². The third-order valence-corrected chi connectivity index (χ3v) is 9.28. The standard InChI is InChI=1S/C10H6Cl8/c11-4-1-2(5(12)7(4)14)9(16)8(15)6(13)3(1)10(9,17)18/h1-5,7H. The lowest BCUT2D eigenvalue weighted by molar-refractivity contribution is 0.374. The molecule has 7 atom stereocenters. The summed E-state index contributed by atoms with van der Waals surface area (Å²) in [5.74, 6) is -0.884. The zero-order valence-corrected chi connectivity index (χ0v) is 14.5. The SMILES string of the molecule is ClC1=C(Cl)C2(Cl)C3C(Cl)C(Cl)C(Cl)C3C1C2(Cl)Cl. The fraction of sp³-hybridized carbons (Fsp3) is 0.800. The van der Waals surface area contributed by atoms with Crippen molar-refractivity contribution in [2.75, 3.05) is 0 Å². The van der Waals surface area contributed by atoms with E-state index in [1.807, 2.05) is 0 Å². The predicted octanol–water partition coefficient (Wildman–Crippen LogP) is 5.54. The molecular weight excluding hydrogens is 404 g/mol. The summed E-state index contributed by atoms with van der Waals surface area (Å²) < 4.78 is -1.31. The average molecular weight is 410 g/mol. The molecule has 0 saturated heterocycles. The molecule has 3 aliphatic rings. The normalized spacial score (nSPS) is 57.3. The van der Waals surface area contributed by atoms with Gasteiger partial charge < -0.3 is 0 Å². The van der Waals surface area contributed by atoms with Crippen molar-refractivity contribution in [3.63, 3.8) is 0 Å². The molecule has 2 fully saturated rings. The second-order valence-electron chi connectivity index (χ2n) is 4.91. The number of allylic oxidation sites excluding steroid dienone is 2. The Labute approximate surface area is 145 Å². The molecule has 0 amide bonds. The summed E-state index contributed by atoms with van der Waals surface area (Å²) in [5.41, 5.74) is 0. The van der Waals surface area contributed by atoms with E-state index in [-0.39, 0.29) is 22.2 Å². The minimum absolute atomic E-state index is 0.167. The molecule has 18 heavy (non-hydrogen) atoms. The van der Waals surface area contributed by atoms with E-state index >= 15 is 0 Å². The molecule has 0 N–H and O–H groups in total. The molecule has 0 nitrogen and oxygen atoms in total. The topological polar surface area (TPSA) is 0 Å². The summed E-state index contributed by atoms with van der Waals surface area (Å²) >= 11 is 50.7. The minimum atomic E-state index is -1.31. The molecule has 0 spiro atoms. The third kappa shape index (κ3) is 1.41. The highest BCUT2D eigenvalue weighted by molar-refractivity contribution is 6.60. The number of rotatable bonds is 0. The van der Waals surface area contributed by atoms with Crippen molar-refractivity contribution in [3.05, 3.63) is 10.1 Å². The molecule has 3 aliphatic carbocycles. The Kier molecular flexibility index (Phi) is 3.57. The zero-order valence-electron chi connectivity index (χ0n) is 8.49. The minimum Gasteiger partial charge on any atom is -0.121 e. The average Bonchev–Trinajstić information content (AvgIpc) is 2.67. The van der Waals surface area contributed by atoms with Gasteiger partial charge in [0.1, 0.15) is 4.87 Å². The second kappa shape index (κ2) is 4.29. The van der Waals surface area contributed by atoms with Gasteiger partial charge in [-0.1, -0.05) is 46.4 Å². The number of fused-ring (bicyclic) bond motifs is 5. The Balaban J connectivity index is 2.21. The lowest BCUT2D eigenvalue weighted by Gasteiger charge is -2.35. The van der Waals surface area contributed by atoms with E-state index in [1.54, 1.807) is 0 Å². The Bertz CT molecular complexity index is 445. The summed E-state index contributed by atoms with van der Waals surface area (Å²) in [7, 11) is 0. The molecule has 2 bridgehead atoms. The van der Waals surface area contributed by atoms with E-state index in [0.29, 0.717) is 5.03 Å². The van der Waals surface area contributed by atoms with Gasteiger partial charge in [0.05, 0.1) is 21.2 Å². The molecule has 8 heteroatoms. The van der Waals surface area contributed by atoms with Crippen molar-refractivity contribution in [1.29, 1.82) is 0 Å². The third-order valence-electron chi connectivity index (χ3n) is 4.26. The molecule has 7 unspecified atom stereocenters. The summed E-state index contributed by atoms with van der Waals surface area (Å²) in [6.07, 6.45) is 0. The van der Waals surface area contributed by atoms with Crippen LogP contribution in [0.5, 0.6) is 0 Å². The van der Waals surface area contributed by atoms with E-state index in [1.165, 1.54) is 0 Å². The highest BCUT2D eigenvalue weighted by Crippen LogP contribution is 2.76. The van der Waals surface area contributed by atoms with Gasteiger partial charge in [-0.15, -0.1) is 46.4 Å². The molecule has 3 rings (SSSR count). The number of hydrogen-bond acceptors (Lipinski definition) is 0. The van der Waals surface area contributed by atoms with Gasteiger partial charge in [-0.25, -0.2) is 0 Å². The van der Waals surface area contributed by atoms with Crippen molar-refractivity contribution in [1.82, 2.24) is 0 Å². The molecule has 0 aliphatic heterocycles. The Hall–Kier alpha value is 2.06. The summed E-state index contributed by atoms with van der Waals surface area (Å²) in [6, 6.07) is 0. The van der Waals surface area contributed by atoms with Crippen LogP contribution in [0, 0.1) is 17.8 Å². The van der Waals surface area contributed by atoms with Gasteiger partial charge in [-0.3, -0.25) is 0 Å². The van der Waals surface area contributed by atoms with Gasteiger partial charge in [0, 0.05) is 16.9 Å². The molecule has 102 valence electrons. The van der Waals surface area contributed by atoms with E-state index < -0.39 is 25.9 Å². The van der Waals surface area contributed by atoms with Gasteiger partial charge in [-0.05, 0) is 5.92 Å². The lowest BCUT2D eigenvalue weighted by Crippen LogP contribution is -2.44. The van der Waals surface area contributed by atoms with Crippen LogP contribution >= 0.6 is 92.8 Å². The lowest BCUT2D eigenvalue weighted by atomic mass is 9.85. The summed E-state index contributed by atoms with van der Waals surface area (Å²) in [5, 5.41) is -0.613. The molecular formula is C10H6Cl8. The van der Waals surface area contributed by atoms with Crippen LogP contribution < -0.4 is 0 Å². The molecule has 0 heterocycles. The van der Waals surface area contributed by atoms with Gasteiger partial charge in [0.25, 0.3) is 0 Å². The smallest absolute Gasteiger partial charge is 0.121 e. The van der Waals surface area contributed by atoms with Gasteiger partial charge in [0.2, 0.25) is 0 Å². The van der Waals surface area contributed by atoms with Crippen LogP contribution in [0.25, 0.3) is 0 Å². The van der Waals surface area contributed by atoms with Crippen molar-refractivity contribution in [2.24, 2.45) is 17.8 Å². The van der Waals surface area contributed by atoms with Gasteiger partial charge in [0.15, 0.2) is 4.33 Å². The maximum absolute atomic E-state index is 6.62. The van der Waals surface area contributed by atoms with Crippen molar-refractivity contribution in [2.45, 2.75) is 25.3 Å². The molecule has 0 aromatic carbocycles. The van der Waals surface area contributed by atoms with E-state index in [9.17, 15) is 0 Å². The Morgan fingerprint density at radius 2 is 1.39 bits per heavy atom. The largest absolute Gasteiger partial charge is 0.150 e. The van der Waals surface area contributed by atoms with Crippen LogP contribution in [0.4, 0.5) is 0 Å². The first-order valence-electron chi connectivity index (χ1n) is 5.22. The van der Waals surface area contributed by atoms with Crippen molar-refractivity contribution in [3.8, 4) is 0 Å². The quantitative estimate of drug-likeness (QED) is 0.461. The first kappa shape index (κ1) is 15.0. The van der Waals surface area contributed by atoms with Crippen molar-refractivity contribution >= 4 is 92.8 Å². The van der Waals surface area contributed by atoms with E-state index in [4.69, 9.17) is 92.8 Å². The maximum atomic E-state index is 6.62. The second-order valence-corrected chi connectivity index (χ2v) is 9.19. The zero-order chi connectivity index (χ0) is 13.6. The van der Waals surface area contributed by atoms with Crippen LogP contribution in [0.1, 0.15) is 0 Å². The summed E-state index contributed by atoms with van der Waals surface area (Å²) in [6.45, 7) is 0. The van der Waals surface area contributed by atoms with Crippen LogP contribution in [0.15, 0.2) is 10.1 Å². The summed E-state index contributed by atoms with van der Waals surface area (Å²) in [4.78, 5) is -1.21. The Morgan fingerprint density at radius 1 is 0.833 bits per heavy atom. The van der Waals surface area contributed by atoms with Crippen molar-refractivity contribution < 1.29 is 0 Å². The monoisotopic (exact) mass is 406 g/mol. The van der Waals surface area contributed by atoms with Gasteiger partial charge >= 0.3 is 0 Å². The first-order valence-corrected chi connectivity index (χ1v) is 8.41. The van der Waals surface area contributed by atoms with Crippen LogP contribution in [-0.4, -0.2) is 25.3 Å².